The van der Waals surface area contributed by atoms with Crippen LogP contribution in [0.15, 0.2) is 48.1 Å². The number of nitrogens with zero attached hydrogens (tertiary/aromatic N) is 3. The smallest absolute Gasteiger partial charge is 0.416 e. The molecule has 0 fully saturated rings. The van der Waals surface area contributed by atoms with Crippen molar-refractivity contribution in [2.75, 3.05) is 5.32 Å². The van der Waals surface area contributed by atoms with E-state index in [1.54, 1.807) is 6.07 Å². The molecule has 0 bridgehead atoms. The Hall–Kier alpha value is -3.34. The number of hydrogen-bond acceptors (Lipinski definition) is 7. The monoisotopic (exact) mass is 422 g/mol. The zero-order valence-electron chi connectivity index (χ0n) is 14.8. The number of carbonyl (C=O) groups excluding carboxylic acids is 2. The maximum atomic E-state index is 12.8. The van der Waals surface area contributed by atoms with Crippen LogP contribution in [0.5, 0.6) is 0 Å². The number of ether oxygens (including phenoxy) is 1. The summed E-state index contributed by atoms with van der Waals surface area (Å²) in [5, 5.41) is 4.13. The summed E-state index contributed by atoms with van der Waals surface area (Å²) in [7, 11) is 0. The van der Waals surface area contributed by atoms with E-state index in [2.05, 4.69) is 20.3 Å². The molecule has 2 heterocycles. The molecule has 1 amide bonds. The van der Waals surface area contributed by atoms with Crippen molar-refractivity contribution < 1.29 is 27.5 Å². The van der Waals surface area contributed by atoms with E-state index in [1.807, 2.05) is 0 Å². The summed E-state index contributed by atoms with van der Waals surface area (Å²) < 4.78 is 43.3. The summed E-state index contributed by atoms with van der Waals surface area (Å²) in [4.78, 5) is 36.5. The molecule has 0 spiro atoms. The second kappa shape index (κ2) is 8.35. The predicted molar refractivity (Wildman–Crippen MR) is 98.1 cm³/mol. The van der Waals surface area contributed by atoms with Crippen molar-refractivity contribution in [1.29, 1.82) is 0 Å². The highest BCUT2D eigenvalue weighted by molar-refractivity contribution is 7.13. The Morgan fingerprint density at radius 3 is 2.59 bits per heavy atom. The highest BCUT2D eigenvalue weighted by Crippen LogP contribution is 2.30. The lowest BCUT2D eigenvalue weighted by Crippen LogP contribution is -2.30. The van der Waals surface area contributed by atoms with Gasteiger partial charge in [-0.05, 0) is 31.2 Å². The normalized spacial score (nSPS) is 12.3. The molecule has 150 valence electrons. The lowest BCUT2D eigenvalue weighted by Gasteiger charge is -2.14. The molecule has 1 atom stereocenters. The Morgan fingerprint density at radius 1 is 1.17 bits per heavy atom. The van der Waals surface area contributed by atoms with Crippen molar-refractivity contribution >= 4 is 28.9 Å². The fraction of sp³-hybridized carbons (Fsp3) is 0.167. The van der Waals surface area contributed by atoms with Gasteiger partial charge in [-0.2, -0.15) is 13.2 Å². The van der Waals surface area contributed by atoms with Crippen molar-refractivity contribution in [3.63, 3.8) is 0 Å². The van der Waals surface area contributed by atoms with E-state index in [0.717, 1.165) is 29.5 Å². The molecule has 1 unspecified atom stereocenters. The summed E-state index contributed by atoms with van der Waals surface area (Å²) in [6, 6.07) is 5.77. The number of aromatic nitrogens is 3. The molecule has 1 N–H and O–H groups in total. The Morgan fingerprint density at radius 2 is 1.90 bits per heavy atom. The molecular weight excluding hydrogens is 409 g/mol. The van der Waals surface area contributed by atoms with Gasteiger partial charge in [0.25, 0.3) is 5.91 Å². The van der Waals surface area contributed by atoms with E-state index in [4.69, 9.17) is 4.74 Å². The molecule has 2 aromatic heterocycles. The quantitative estimate of drug-likeness (QED) is 0.629. The van der Waals surface area contributed by atoms with E-state index < -0.39 is 29.7 Å². The molecule has 1 aromatic carbocycles. The maximum absolute atomic E-state index is 12.8. The van der Waals surface area contributed by atoms with Gasteiger partial charge in [0.2, 0.25) is 0 Å². The van der Waals surface area contributed by atoms with E-state index >= 15 is 0 Å². The third kappa shape index (κ3) is 5.13. The van der Waals surface area contributed by atoms with Crippen LogP contribution in [0.4, 0.5) is 18.9 Å². The van der Waals surface area contributed by atoms with E-state index in [0.29, 0.717) is 10.8 Å². The third-order valence-electron chi connectivity index (χ3n) is 3.58. The second-order valence-corrected chi connectivity index (χ2v) is 6.58. The number of alkyl halides is 3. The average Bonchev–Trinajstić information content (AvgIpc) is 3.18. The van der Waals surface area contributed by atoms with Gasteiger partial charge in [0.15, 0.2) is 22.6 Å². The molecule has 0 saturated carbocycles. The fourth-order valence-electron chi connectivity index (χ4n) is 2.17. The molecule has 0 saturated heterocycles. The molecule has 3 aromatic rings. The first-order valence-electron chi connectivity index (χ1n) is 8.16. The zero-order valence-corrected chi connectivity index (χ0v) is 15.6. The number of benzene rings is 1. The molecule has 0 aliphatic carbocycles. The van der Waals surface area contributed by atoms with Gasteiger partial charge in [0.05, 0.1) is 5.56 Å². The molecule has 0 aliphatic heterocycles. The fourth-order valence-corrected chi connectivity index (χ4v) is 2.91. The number of thiazole rings is 1. The van der Waals surface area contributed by atoms with Crippen molar-refractivity contribution in [1.82, 2.24) is 15.0 Å². The van der Waals surface area contributed by atoms with E-state index in [-0.39, 0.29) is 11.4 Å². The number of esters is 1. The highest BCUT2D eigenvalue weighted by atomic mass is 32.1. The molecular formula is C18H13F3N4O3S. The molecule has 29 heavy (non-hydrogen) atoms. The third-order valence-corrected chi connectivity index (χ3v) is 4.42. The Bertz CT molecular complexity index is 1020. The van der Waals surface area contributed by atoms with Crippen molar-refractivity contribution in [3.8, 4) is 10.8 Å². The minimum atomic E-state index is -4.54. The Balaban J connectivity index is 1.63. The van der Waals surface area contributed by atoms with Crippen LogP contribution >= 0.6 is 11.3 Å². The first-order chi connectivity index (χ1) is 13.7. The molecule has 0 radical (unpaired) electrons. The highest BCUT2D eigenvalue weighted by Gasteiger charge is 2.30. The van der Waals surface area contributed by atoms with Crippen molar-refractivity contribution in [3.05, 3.63) is 59.4 Å². The lowest BCUT2D eigenvalue weighted by atomic mass is 10.2. The van der Waals surface area contributed by atoms with Gasteiger partial charge < -0.3 is 10.1 Å². The molecule has 7 nitrogen and oxygen atoms in total. The number of hydrogen-bond donors (Lipinski definition) is 1. The summed E-state index contributed by atoms with van der Waals surface area (Å²) in [5.41, 5.74) is -1.00. The SMILES string of the molecule is CC(OC(=O)c1csc(-c2ncccn2)n1)C(=O)Nc1cccc(C(F)(F)F)c1. The van der Waals surface area contributed by atoms with Crippen LogP contribution in [-0.4, -0.2) is 32.9 Å². The van der Waals surface area contributed by atoms with Gasteiger partial charge in [-0.25, -0.2) is 19.7 Å². The summed E-state index contributed by atoms with van der Waals surface area (Å²) >= 11 is 1.13. The van der Waals surface area contributed by atoms with Crippen LogP contribution in [0, 0.1) is 0 Å². The van der Waals surface area contributed by atoms with Gasteiger partial charge in [0, 0.05) is 23.5 Å². The topological polar surface area (TPSA) is 94.1 Å². The average molecular weight is 422 g/mol. The van der Waals surface area contributed by atoms with Crippen LogP contribution in [0.3, 0.4) is 0 Å². The minimum absolute atomic E-state index is 0.0313. The minimum Gasteiger partial charge on any atom is -0.448 e. The molecule has 3 rings (SSSR count). The predicted octanol–water partition coefficient (Wildman–Crippen LogP) is 3.80. The maximum Gasteiger partial charge on any atom is 0.416 e. The van der Waals surface area contributed by atoms with Gasteiger partial charge in [-0.15, -0.1) is 11.3 Å². The van der Waals surface area contributed by atoms with Crippen LogP contribution in [-0.2, 0) is 15.7 Å². The first kappa shape index (κ1) is 20.4. The zero-order chi connectivity index (χ0) is 21.0. The lowest BCUT2D eigenvalue weighted by molar-refractivity contribution is -0.137. The van der Waals surface area contributed by atoms with Gasteiger partial charge in [-0.3, -0.25) is 4.79 Å². The Kier molecular flexibility index (Phi) is 5.87. The van der Waals surface area contributed by atoms with Crippen molar-refractivity contribution in [2.45, 2.75) is 19.2 Å². The number of nitrogens with one attached hydrogen (secondary N) is 1. The summed E-state index contributed by atoms with van der Waals surface area (Å²) in [6.07, 6.45) is -2.73. The van der Waals surface area contributed by atoms with Crippen LogP contribution in [0.25, 0.3) is 10.8 Å². The van der Waals surface area contributed by atoms with E-state index in [1.165, 1.54) is 30.8 Å². The number of carbonyl (C=O) groups is 2. The Labute approximate surface area is 166 Å². The number of anilines is 1. The molecule has 11 heteroatoms. The van der Waals surface area contributed by atoms with Crippen molar-refractivity contribution in [2.24, 2.45) is 0 Å². The van der Waals surface area contributed by atoms with Crippen LogP contribution in [0.2, 0.25) is 0 Å². The largest absolute Gasteiger partial charge is 0.448 e. The van der Waals surface area contributed by atoms with Gasteiger partial charge in [-0.1, -0.05) is 6.07 Å². The van der Waals surface area contributed by atoms with Gasteiger partial charge in [0.1, 0.15) is 0 Å². The van der Waals surface area contributed by atoms with Crippen LogP contribution < -0.4 is 5.32 Å². The standard InChI is InChI=1S/C18H13F3N4O3S/c1-10(15(26)24-12-5-2-4-11(8-12)18(19,20)21)28-17(27)13-9-29-16(25-13)14-22-6-3-7-23-14/h2-10H,1H3,(H,24,26). The summed E-state index contributed by atoms with van der Waals surface area (Å²) in [6.45, 7) is 1.30. The van der Waals surface area contributed by atoms with Crippen LogP contribution in [0.1, 0.15) is 23.0 Å². The second-order valence-electron chi connectivity index (χ2n) is 5.73. The number of rotatable bonds is 5. The summed E-state index contributed by atoms with van der Waals surface area (Å²) in [5.74, 6) is -1.29. The van der Waals surface area contributed by atoms with Gasteiger partial charge >= 0.3 is 12.1 Å². The number of amides is 1. The van der Waals surface area contributed by atoms with E-state index in [9.17, 15) is 22.8 Å². The number of halogens is 3. The first-order valence-corrected chi connectivity index (χ1v) is 9.04. The molecule has 0 aliphatic rings.